The number of hydrogen-bond donors (Lipinski definition) is 2. The van der Waals surface area contributed by atoms with Gasteiger partial charge in [-0.05, 0) is 6.92 Å². The Balaban J connectivity index is 2.69. The first-order chi connectivity index (χ1) is 8.02. The van der Waals surface area contributed by atoms with E-state index in [1.165, 1.54) is 5.38 Å². The number of aromatic hydroxyl groups is 2. The summed E-state index contributed by atoms with van der Waals surface area (Å²) in [6.07, 6.45) is 0. The van der Waals surface area contributed by atoms with E-state index in [-0.39, 0.29) is 31.7 Å². The molecule has 0 saturated heterocycles. The number of fused-ring (bicyclic) bond motifs is 2. The van der Waals surface area contributed by atoms with E-state index in [2.05, 4.69) is 0 Å². The first-order valence-electron chi connectivity index (χ1n) is 4.71. The first-order valence-corrected chi connectivity index (χ1v) is 6.41. The third-order valence-electron chi connectivity index (χ3n) is 2.66. The number of benzene rings is 1. The van der Waals surface area contributed by atoms with Crippen LogP contribution in [0.25, 0.3) is 20.2 Å². The maximum atomic E-state index is 13.8. The van der Waals surface area contributed by atoms with Crippen LogP contribution in [0.5, 0.6) is 11.5 Å². The Morgan fingerprint density at radius 1 is 1.06 bits per heavy atom. The lowest BCUT2D eigenvalue weighted by atomic mass is 10.1. The molecule has 2 N–H and O–H groups in total. The van der Waals surface area contributed by atoms with Gasteiger partial charge in [0.25, 0.3) is 0 Å². The molecule has 3 aromatic rings. The van der Waals surface area contributed by atoms with Gasteiger partial charge in [-0.2, -0.15) is 0 Å². The Morgan fingerprint density at radius 2 is 1.71 bits per heavy atom. The van der Waals surface area contributed by atoms with E-state index in [9.17, 15) is 19.0 Å². The third-order valence-corrected chi connectivity index (χ3v) is 4.71. The van der Waals surface area contributed by atoms with Gasteiger partial charge in [-0.1, -0.05) is 0 Å². The zero-order valence-corrected chi connectivity index (χ0v) is 10.2. The minimum Gasteiger partial charge on any atom is -0.506 e. The average Bonchev–Trinajstić information content (AvgIpc) is 2.80. The molecule has 2 aromatic heterocycles. The van der Waals surface area contributed by atoms with Crippen LogP contribution in [0.1, 0.15) is 4.88 Å². The van der Waals surface area contributed by atoms with E-state index < -0.39 is 11.6 Å². The van der Waals surface area contributed by atoms with Gasteiger partial charge in [0.1, 0.15) is 23.1 Å². The molecule has 0 amide bonds. The molecule has 2 nitrogen and oxygen atoms in total. The van der Waals surface area contributed by atoms with Crippen LogP contribution in [0.3, 0.4) is 0 Å². The lowest BCUT2D eigenvalue weighted by Gasteiger charge is -2.01. The second-order valence-electron chi connectivity index (χ2n) is 3.66. The number of phenolic OH excluding ortho intramolecular Hbond substituents is 2. The fraction of sp³-hybridized carbons (Fsp3) is 0.0909. The fourth-order valence-electron chi connectivity index (χ4n) is 1.86. The Kier molecular flexibility index (Phi) is 2.08. The number of aryl methyl sites for hydroxylation is 1. The second-order valence-corrected chi connectivity index (χ2v) is 5.77. The summed E-state index contributed by atoms with van der Waals surface area (Å²) in [6, 6.07) is 0. The predicted molar refractivity (Wildman–Crippen MR) is 65.2 cm³/mol. The maximum Gasteiger partial charge on any atom is 0.148 e. The molecule has 0 fully saturated rings. The topological polar surface area (TPSA) is 40.5 Å². The molecule has 0 bridgehead atoms. The number of rotatable bonds is 0. The van der Waals surface area contributed by atoms with Gasteiger partial charge in [0.15, 0.2) is 0 Å². The first kappa shape index (κ1) is 10.7. The van der Waals surface area contributed by atoms with Crippen molar-refractivity contribution < 1.29 is 19.0 Å². The van der Waals surface area contributed by atoms with E-state index in [0.717, 1.165) is 22.7 Å². The Morgan fingerprint density at radius 3 is 2.41 bits per heavy atom. The van der Waals surface area contributed by atoms with Crippen LogP contribution >= 0.6 is 22.7 Å². The van der Waals surface area contributed by atoms with E-state index >= 15 is 0 Å². The highest BCUT2D eigenvalue weighted by Crippen LogP contribution is 2.49. The molecular weight excluding hydrogens is 266 g/mol. The van der Waals surface area contributed by atoms with Crippen LogP contribution in [0.15, 0.2) is 5.38 Å². The molecule has 0 spiro atoms. The van der Waals surface area contributed by atoms with Crippen LogP contribution in [0.4, 0.5) is 8.78 Å². The van der Waals surface area contributed by atoms with E-state index in [1.807, 2.05) is 0 Å². The second kappa shape index (κ2) is 3.30. The molecule has 88 valence electrons. The monoisotopic (exact) mass is 272 g/mol. The smallest absolute Gasteiger partial charge is 0.148 e. The van der Waals surface area contributed by atoms with Crippen molar-refractivity contribution in [2.75, 3.05) is 0 Å². The fourth-order valence-corrected chi connectivity index (χ4v) is 3.71. The summed E-state index contributed by atoms with van der Waals surface area (Å²) in [4.78, 5) is 0.351. The number of thiophene rings is 2. The van der Waals surface area contributed by atoms with Crippen molar-refractivity contribution >= 4 is 42.8 Å². The van der Waals surface area contributed by atoms with Gasteiger partial charge in [-0.15, -0.1) is 22.7 Å². The molecule has 0 aliphatic heterocycles. The molecule has 6 heteroatoms. The number of phenols is 2. The highest BCUT2D eigenvalue weighted by atomic mass is 32.1. The number of halogens is 2. The van der Waals surface area contributed by atoms with Gasteiger partial charge in [0.05, 0.1) is 20.2 Å². The van der Waals surface area contributed by atoms with Crippen molar-refractivity contribution in [3.05, 3.63) is 21.9 Å². The third kappa shape index (κ3) is 1.22. The van der Waals surface area contributed by atoms with Crippen molar-refractivity contribution in [2.24, 2.45) is 0 Å². The van der Waals surface area contributed by atoms with Crippen molar-refractivity contribution in [1.82, 2.24) is 0 Å². The van der Waals surface area contributed by atoms with E-state index in [1.54, 1.807) is 6.92 Å². The summed E-state index contributed by atoms with van der Waals surface area (Å²) >= 11 is 1.94. The van der Waals surface area contributed by atoms with Gasteiger partial charge in [0, 0.05) is 10.3 Å². The van der Waals surface area contributed by atoms with Crippen LogP contribution in [0.2, 0.25) is 0 Å². The van der Waals surface area contributed by atoms with Gasteiger partial charge in [-0.25, -0.2) is 8.78 Å². The van der Waals surface area contributed by atoms with Crippen LogP contribution < -0.4 is 0 Å². The van der Waals surface area contributed by atoms with E-state index in [4.69, 9.17) is 0 Å². The SMILES string of the molecule is Cc1sc2c(O)c3c(F)csc3c(O)c2c1F. The molecule has 3 rings (SSSR count). The molecule has 1 aromatic carbocycles. The normalized spacial score (nSPS) is 11.7. The summed E-state index contributed by atoms with van der Waals surface area (Å²) in [7, 11) is 0. The molecule has 0 radical (unpaired) electrons. The van der Waals surface area contributed by atoms with Gasteiger partial charge in [0.2, 0.25) is 0 Å². The highest BCUT2D eigenvalue weighted by molar-refractivity contribution is 7.20. The summed E-state index contributed by atoms with van der Waals surface area (Å²) in [6.45, 7) is 1.54. The zero-order chi connectivity index (χ0) is 12.3. The van der Waals surface area contributed by atoms with Crippen LogP contribution in [0, 0.1) is 18.6 Å². The summed E-state index contributed by atoms with van der Waals surface area (Å²) < 4.78 is 27.6. The Labute approximate surface area is 102 Å². The molecular formula is C11H6F2O2S2. The van der Waals surface area contributed by atoms with E-state index in [0.29, 0.717) is 4.88 Å². The van der Waals surface area contributed by atoms with Crippen LogP contribution in [-0.4, -0.2) is 10.2 Å². The van der Waals surface area contributed by atoms with Crippen molar-refractivity contribution in [3.8, 4) is 11.5 Å². The molecule has 2 heterocycles. The summed E-state index contributed by atoms with van der Waals surface area (Å²) in [5, 5.41) is 21.0. The minimum atomic E-state index is -0.605. The molecule has 0 aliphatic rings. The highest BCUT2D eigenvalue weighted by Gasteiger charge is 2.23. The van der Waals surface area contributed by atoms with Gasteiger partial charge in [-0.3, -0.25) is 0 Å². The Bertz CT molecular complexity index is 758. The molecule has 17 heavy (non-hydrogen) atoms. The predicted octanol–water partition coefficient (Wildman–Crippen LogP) is 4.11. The summed E-state index contributed by atoms with van der Waals surface area (Å²) in [5.41, 5.74) is 0. The van der Waals surface area contributed by atoms with Gasteiger partial charge < -0.3 is 10.2 Å². The largest absolute Gasteiger partial charge is 0.506 e. The van der Waals surface area contributed by atoms with Crippen molar-refractivity contribution in [2.45, 2.75) is 6.92 Å². The molecule has 0 unspecified atom stereocenters. The van der Waals surface area contributed by atoms with Crippen LogP contribution in [-0.2, 0) is 0 Å². The summed E-state index contributed by atoms with van der Waals surface area (Å²) in [5.74, 6) is -1.77. The molecule has 0 atom stereocenters. The average molecular weight is 272 g/mol. The maximum absolute atomic E-state index is 13.8. The Hall–Kier alpha value is -1.40. The standard InChI is InChI=1S/C11H6F2O2S2/c1-3-7(13)6-9(15)10-5(4(12)2-16-10)8(14)11(6)17-3/h2,14-15H,1H3. The number of hydrogen-bond acceptors (Lipinski definition) is 4. The molecule has 0 aliphatic carbocycles. The minimum absolute atomic E-state index is 0.0284. The quantitative estimate of drug-likeness (QED) is 0.604. The zero-order valence-electron chi connectivity index (χ0n) is 8.54. The van der Waals surface area contributed by atoms with Crippen molar-refractivity contribution in [1.29, 1.82) is 0 Å². The lowest BCUT2D eigenvalue weighted by Crippen LogP contribution is -1.78. The van der Waals surface area contributed by atoms with Gasteiger partial charge >= 0.3 is 0 Å². The molecule has 0 saturated carbocycles. The lowest BCUT2D eigenvalue weighted by molar-refractivity contribution is 0.476. The van der Waals surface area contributed by atoms with Crippen molar-refractivity contribution in [3.63, 3.8) is 0 Å².